The van der Waals surface area contributed by atoms with E-state index in [0.29, 0.717) is 25.7 Å². The summed E-state index contributed by atoms with van der Waals surface area (Å²) < 4.78 is 15.2. The molecular formula is C11H23NO4. The van der Waals surface area contributed by atoms with Crippen molar-refractivity contribution in [1.29, 1.82) is 0 Å². The van der Waals surface area contributed by atoms with Gasteiger partial charge in [-0.25, -0.2) is 0 Å². The molecule has 1 atom stereocenters. The average Bonchev–Trinajstić information content (AvgIpc) is 2.25. The maximum atomic E-state index is 11.3. The highest BCUT2D eigenvalue weighted by atomic mass is 16.6. The lowest BCUT2D eigenvalue weighted by molar-refractivity contribution is -0.147. The molecule has 0 bridgehead atoms. The number of carbonyl (C=O) groups is 1. The van der Waals surface area contributed by atoms with E-state index in [9.17, 15) is 4.79 Å². The van der Waals surface area contributed by atoms with Gasteiger partial charge in [-0.3, -0.25) is 4.79 Å². The molecule has 0 saturated carbocycles. The third kappa shape index (κ3) is 8.64. The smallest absolute Gasteiger partial charge is 0.308 e. The fourth-order valence-electron chi connectivity index (χ4n) is 1.04. The van der Waals surface area contributed by atoms with Gasteiger partial charge in [0.15, 0.2) is 0 Å². The minimum atomic E-state index is -0.301. The maximum Gasteiger partial charge on any atom is 0.308 e. The van der Waals surface area contributed by atoms with Gasteiger partial charge in [-0.2, -0.15) is 0 Å². The van der Waals surface area contributed by atoms with Crippen LogP contribution in [-0.4, -0.2) is 45.5 Å². The molecule has 5 heteroatoms. The fourth-order valence-corrected chi connectivity index (χ4v) is 1.04. The molecule has 0 spiro atoms. The van der Waals surface area contributed by atoms with E-state index in [4.69, 9.17) is 19.9 Å². The van der Waals surface area contributed by atoms with Crippen LogP contribution in [-0.2, 0) is 19.0 Å². The third-order valence-corrected chi connectivity index (χ3v) is 1.93. The van der Waals surface area contributed by atoms with E-state index >= 15 is 0 Å². The fraction of sp³-hybridized carbons (Fsp3) is 0.909. The number of carbonyl (C=O) groups excluding carboxylic acids is 1. The van der Waals surface area contributed by atoms with Gasteiger partial charge >= 0.3 is 5.97 Å². The monoisotopic (exact) mass is 233 g/mol. The van der Waals surface area contributed by atoms with E-state index < -0.39 is 0 Å². The highest BCUT2D eigenvalue weighted by Crippen LogP contribution is 1.98. The van der Waals surface area contributed by atoms with Gasteiger partial charge in [0.2, 0.25) is 0 Å². The van der Waals surface area contributed by atoms with Gasteiger partial charge in [0.05, 0.1) is 19.1 Å². The first-order valence-electron chi connectivity index (χ1n) is 5.56. The number of ether oxygens (including phenoxy) is 3. The molecule has 0 heterocycles. The summed E-state index contributed by atoms with van der Waals surface area (Å²) in [5, 5.41) is 0. The molecule has 0 radical (unpaired) electrons. The largest absolute Gasteiger partial charge is 0.463 e. The lowest BCUT2D eigenvalue weighted by Crippen LogP contribution is -2.26. The van der Waals surface area contributed by atoms with Crippen LogP contribution in [0, 0.1) is 5.92 Å². The minimum Gasteiger partial charge on any atom is -0.463 e. The van der Waals surface area contributed by atoms with E-state index in [1.807, 2.05) is 0 Å². The summed E-state index contributed by atoms with van der Waals surface area (Å²) in [5.74, 6) is 0.191. The lowest BCUT2D eigenvalue weighted by Gasteiger charge is -2.12. The zero-order valence-electron chi connectivity index (χ0n) is 10.4. The first-order chi connectivity index (χ1) is 7.60. The van der Waals surface area contributed by atoms with Crippen molar-refractivity contribution in [2.75, 3.05) is 33.5 Å². The normalized spacial score (nSPS) is 12.8. The van der Waals surface area contributed by atoms with Crippen LogP contribution in [0.25, 0.3) is 0 Å². The van der Waals surface area contributed by atoms with Gasteiger partial charge < -0.3 is 19.9 Å². The first-order valence-corrected chi connectivity index (χ1v) is 5.56. The predicted molar refractivity (Wildman–Crippen MR) is 61.1 cm³/mol. The zero-order valence-corrected chi connectivity index (χ0v) is 10.4. The molecule has 1 unspecified atom stereocenters. The van der Waals surface area contributed by atoms with Gasteiger partial charge in [0.25, 0.3) is 0 Å². The number of rotatable bonds is 9. The molecule has 5 nitrogen and oxygen atoms in total. The summed E-state index contributed by atoms with van der Waals surface area (Å²) in [4.78, 5) is 11.3. The second kappa shape index (κ2) is 9.57. The van der Waals surface area contributed by atoms with Crippen molar-refractivity contribution in [1.82, 2.24) is 0 Å². The van der Waals surface area contributed by atoms with Gasteiger partial charge in [0.1, 0.15) is 6.61 Å². The highest BCUT2D eigenvalue weighted by Gasteiger charge is 2.12. The lowest BCUT2D eigenvalue weighted by atomic mass is 10.2. The van der Waals surface area contributed by atoms with Crippen LogP contribution in [0.1, 0.15) is 20.3 Å². The topological polar surface area (TPSA) is 70.8 Å². The Balaban J connectivity index is 3.43. The predicted octanol–water partition coefficient (Wildman–Crippen LogP) is 0.566. The van der Waals surface area contributed by atoms with Crippen LogP contribution >= 0.6 is 0 Å². The molecule has 0 aliphatic carbocycles. The molecule has 0 aromatic rings. The van der Waals surface area contributed by atoms with Crippen LogP contribution in [0.15, 0.2) is 0 Å². The summed E-state index contributed by atoms with van der Waals surface area (Å²) in [7, 11) is 1.52. The van der Waals surface area contributed by atoms with Crippen LogP contribution in [0.3, 0.4) is 0 Å². The number of nitrogens with two attached hydrogens (primary N) is 1. The minimum absolute atomic E-state index is 0.192. The molecule has 16 heavy (non-hydrogen) atoms. The van der Waals surface area contributed by atoms with E-state index in [1.165, 1.54) is 7.11 Å². The molecule has 0 aromatic heterocycles. The Morgan fingerprint density at radius 3 is 2.50 bits per heavy atom. The Hall–Kier alpha value is -0.650. The molecule has 0 aromatic carbocycles. The van der Waals surface area contributed by atoms with E-state index in [0.717, 1.165) is 0 Å². The van der Waals surface area contributed by atoms with Crippen molar-refractivity contribution in [2.45, 2.75) is 26.4 Å². The Kier molecular flexibility index (Phi) is 9.18. The molecule has 0 amide bonds. The quantitative estimate of drug-likeness (QED) is 0.465. The van der Waals surface area contributed by atoms with E-state index in [1.54, 1.807) is 0 Å². The second-order valence-electron chi connectivity index (χ2n) is 3.99. The van der Waals surface area contributed by atoms with E-state index in [2.05, 4.69) is 13.8 Å². The summed E-state index contributed by atoms with van der Waals surface area (Å²) in [5.41, 5.74) is 5.38. The van der Waals surface area contributed by atoms with Crippen molar-refractivity contribution < 1.29 is 19.0 Å². The SMILES string of the molecule is COC(CN)CC(=O)OCCOCC(C)C. The molecule has 96 valence electrons. The molecule has 2 N–H and O–H groups in total. The van der Waals surface area contributed by atoms with Crippen LogP contribution in [0.4, 0.5) is 0 Å². The van der Waals surface area contributed by atoms with Crippen molar-refractivity contribution in [3.05, 3.63) is 0 Å². The average molecular weight is 233 g/mol. The van der Waals surface area contributed by atoms with Gasteiger partial charge in [0, 0.05) is 20.3 Å². The molecule has 0 aliphatic heterocycles. The van der Waals surface area contributed by atoms with Crippen molar-refractivity contribution in [3.8, 4) is 0 Å². The molecule has 0 rings (SSSR count). The number of hydrogen-bond acceptors (Lipinski definition) is 5. The van der Waals surface area contributed by atoms with E-state index in [-0.39, 0.29) is 25.1 Å². The van der Waals surface area contributed by atoms with Crippen LogP contribution in [0.2, 0.25) is 0 Å². The summed E-state index contributed by atoms with van der Waals surface area (Å²) in [6.07, 6.45) is -0.0685. The summed E-state index contributed by atoms with van der Waals surface area (Å²) >= 11 is 0. The van der Waals surface area contributed by atoms with Gasteiger partial charge in [-0.05, 0) is 5.92 Å². The molecule has 0 saturated heterocycles. The standard InChI is InChI=1S/C11H23NO4/c1-9(2)8-15-4-5-16-11(13)6-10(7-12)14-3/h9-10H,4-8,12H2,1-3H3. The Bertz CT molecular complexity index is 181. The Labute approximate surface area is 97.2 Å². The summed E-state index contributed by atoms with van der Waals surface area (Å²) in [6, 6.07) is 0. The van der Waals surface area contributed by atoms with Crippen LogP contribution < -0.4 is 5.73 Å². The van der Waals surface area contributed by atoms with Crippen molar-refractivity contribution >= 4 is 5.97 Å². The van der Waals surface area contributed by atoms with Crippen LogP contribution in [0.5, 0.6) is 0 Å². The summed E-state index contributed by atoms with van der Waals surface area (Å²) in [6.45, 7) is 5.85. The van der Waals surface area contributed by atoms with Crippen molar-refractivity contribution in [3.63, 3.8) is 0 Å². The van der Waals surface area contributed by atoms with Crippen molar-refractivity contribution in [2.24, 2.45) is 11.7 Å². The van der Waals surface area contributed by atoms with Gasteiger partial charge in [-0.15, -0.1) is 0 Å². The third-order valence-electron chi connectivity index (χ3n) is 1.93. The highest BCUT2D eigenvalue weighted by molar-refractivity contribution is 5.69. The number of hydrogen-bond donors (Lipinski definition) is 1. The van der Waals surface area contributed by atoms with Gasteiger partial charge in [-0.1, -0.05) is 13.8 Å². The molecule has 0 fully saturated rings. The number of methoxy groups -OCH3 is 1. The molecular weight excluding hydrogens is 210 g/mol. The maximum absolute atomic E-state index is 11.3. The Morgan fingerprint density at radius 2 is 2.00 bits per heavy atom. The zero-order chi connectivity index (χ0) is 12.4. The second-order valence-corrected chi connectivity index (χ2v) is 3.99. The molecule has 0 aliphatic rings. The first kappa shape index (κ1) is 15.3. The Morgan fingerprint density at radius 1 is 1.31 bits per heavy atom. The number of esters is 1.